The van der Waals surface area contributed by atoms with E-state index in [2.05, 4.69) is 11.9 Å². The normalized spacial score (nSPS) is 5.60. The molecule has 2 heteroatoms. The molecule has 0 fully saturated rings. The second-order valence-corrected chi connectivity index (χ2v) is 0.451. The van der Waals surface area contributed by atoms with E-state index in [0.29, 0.717) is 6.41 Å². The Morgan fingerprint density at radius 3 is 2.40 bits per heavy atom. The third-order valence-corrected chi connectivity index (χ3v) is 0.164. The topological polar surface area (TPSA) is 29.1 Å². The minimum absolute atomic E-state index is 0.500. The SMILES string of the molecule is [CH]=CNC=O. The predicted octanol–water partition coefficient (Wildman–Crippen LogP) is -0.321. The van der Waals surface area contributed by atoms with Crippen LogP contribution in [-0.2, 0) is 4.79 Å². The Labute approximate surface area is 30.5 Å². The van der Waals surface area contributed by atoms with Crippen molar-refractivity contribution in [1.29, 1.82) is 0 Å². The summed E-state index contributed by atoms with van der Waals surface area (Å²) in [6.07, 6.45) is 1.56. The van der Waals surface area contributed by atoms with Gasteiger partial charge in [0.25, 0.3) is 0 Å². The largest absolute Gasteiger partial charge is 0.335 e. The number of hydrogen-bond donors (Lipinski definition) is 1. The van der Waals surface area contributed by atoms with Crippen LogP contribution in [0.25, 0.3) is 0 Å². The molecule has 0 aliphatic carbocycles. The summed E-state index contributed by atoms with van der Waals surface area (Å²) < 4.78 is 0. The Bertz CT molecular complexity index is 36.2. The highest BCUT2D eigenvalue weighted by Crippen LogP contribution is 1.34. The maximum Gasteiger partial charge on any atom is 0.211 e. The first-order chi connectivity index (χ1) is 2.41. The summed E-state index contributed by atoms with van der Waals surface area (Å²) >= 11 is 0. The summed E-state index contributed by atoms with van der Waals surface area (Å²) in [5.74, 6) is 0. The lowest BCUT2D eigenvalue weighted by molar-refractivity contribution is -0.108. The Kier molecular flexibility index (Phi) is 2.70. The van der Waals surface area contributed by atoms with Gasteiger partial charge in [0, 0.05) is 6.20 Å². The zero-order chi connectivity index (χ0) is 4.12. The van der Waals surface area contributed by atoms with Gasteiger partial charge < -0.3 is 5.32 Å². The van der Waals surface area contributed by atoms with E-state index in [1.54, 1.807) is 0 Å². The Balaban J connectivity index is 2.65. The van der Waals surface area contributed by atoms with Crippen molar-refractivity contribution < 1.29 is 4.79 Å². The molecule has 0 rings (SSSR count). The molecule has 0 aliphatic heterocycles. The van der Waals surface area contributed by atoms with Crippen LogP contribution in [0, 0.1) is 6.58 Å². The van der Waals surface area contributed by atoms with E-state index in [1.165, 1.54) is 0 Å². The van der Waals surface area contributed by atoms with Crippen molar-refractivity contribution >= 4 is 6.41 Å². The molecule has 0 bridgehead atoms. The molecular weight excluding hydrogens is 66.0 g/mol. The number of carbonyl (C=O) groups is 1. The van der Waals surface area contributed by atoms with Crippen LogP contribution in [0.2, 0.25) is 0 Å². The number of rotatable bonds is 2. The molecule has 1 radical (unpaired) electrons. The fourth-order valence-electron chi connectivity index (χ4n) is 0.0393. The molecule has 0 heterocycles. The maximum atomic E-state index is 9.18. The van der Waals surface area contributed by atoms with Crippen molar-refractivity contribution in [3.8, 4) is 0 Å². The van der Waals surface area contributed by atoms with Gasteiger partial charge in [-0.25, -0.2) is 0 Å². The summed E-state index contributed by atoms with van der Waals surface area (Å²) in [7, 11) is 0. The monoisotopic (exact) mass is 70.0 g/mol. The van der Waals surface area contributed by atoms with Gasteiger partial charge in [0.2, 0.25) is 6.41 Å². The molecule has 5 heavy (non-hydrogen) atoms. The van der Waals surface area contributed by atoms with E-state index < -0.39 is 0 Å². The van der Waals surface area contributed by atoms with Crippen molar-refractivity contribution in [2.45, 2.75) is 0 Å². The van der Waals surface area contributed by atoms with Gasteiger partial charge in [-0.15, -0.1) is 0 Å². The first-order valence-corrected chi connectivity index (χ1v) is 1.15. The van der Waals surface area contributed by atoms with E-state index in [1.807, 2.05) is 0 Å². The molecule has 0 saturated carbocycles. The lowest BCUT2D eigenvalue weighted by atomic mass is 11.0. The molecule has 27 valence electrons. The van der Waals surface area contributed by atoms with Gasteiger partial charge in [0.1, 0.15) is 0 Å². The van der Waals surface area contributed by atoms with Crippen LogP contribution in [0.1, 0.15) is 0 Å². The van der Waals surface area contributed by atoms with E-state index in [-0.39, 0.29) is 0 Å². The van der Waals surface area contributed by atoms with E-state index in [4.69, 9.17) is 0 Å². The molecule has 0 spiro atoms. The minimum atomic E-state index is 0.500. The van der Waals surface area contributed by atoms with E-state index in [9.17, 15) is 4.79 Å². The summed E-state index contributed by atoms with van der Waals surface area (Å²) in [6.45, 7) is 4.67. The van der Waals surface area contributed by atoms with Crippen LogP contribution in [0.3, 0.4) is 0 Å². The smallest absolute Gasteiger partial charge is 0.211 e. The third kappa shape index (κ3) is 3.21. The number of amides is 1. The van der Waals surface area contributed by atoms with Crippen LogP contribution in [0.5, 0.6) is 0 Å². The summed E-state index contributed by atoms with van der Waals surface area (Å²) in [6, 6.07) is 0. The zero-order valence-corrected chi connectivity index (χ0v) is 2.64. The van der Waals surface area contributed by atoms with Crippen molar-refractivity contribution in [1.82, 2.24) is 5.32 Å². The molecule has 0 aromatic rings. The number of nitrogens with one attached hydrogen (secondary N) is 1. The molecule has 2 nitrogen and oxygen atoms in total. The fraction of sp³-hybridized carbons (Fsp3) is 0. The number of hydrogen-bond acceptors (Lipinski definition) is 1. The van der Waals surface area contributed by atoms with Gasteiger partial charge in [-0.05, 0) is 6.58 Å². The Morgan fingerprint density at radius 2 is 2.40 bits per heavy atom. The van der Waals surface area contributed by atoms with Crippen molar-refractivity contribution in [2.75, 3.05) is 0 Å². The standard InChI is InChI=1S/C3H4NO/c1-2-4-3-5/h1-3H,(H,4,5). The fourth-order valence-corrected chi connectivity index (χ4v) is 0.0393. The molecule has 0 unspecified atom stereocenters. The zero-order valence-electron chi connectivity index (χ0n) is 2.64. The lowest BCUT2D eigenvalue weighted by Gasteiger charge is -1.69. The molecule has 0 aliphatic rings. The van der Waals surface area contributed by atoms with Crippen LogP contribution < -0.4 is 5.32 Å². The molecular formula is C3H4NO. The Hall–Kier alpha value is -0.790. The minimum Gasteiger partial charge on any atom is -0.335 e. The van der Waals surface area contributed by atoms with E-state index >= 15 is 0 Å². The second-order valence-electron chi connectivity index (χ2n) is 0.451. The van der Waals surface area contributed by atoms with Gasteiger partial charge in [0.05, 0.1) is 0 Å². The van der Waals surface area contributed by atoms with Crippen LogP contribution in [0.4, 0.5) is 0 Å². The highest BCUT2D eigenvalue weighted by Gasteiger charge is 1.50. The van der Waals surface area contributed by atoms with Gasteiger partial charge in [0.15, 0.2) is 0 Å². The first kappa shape index (κ1) is 4.21. The van der Waals surface area contributed by atoms with Crippen molar-refractivity contribution in [3.05, 3.63) is 12.8 Å². The third-order valence-electron chi connectivity index (χ3n) is 0.164. The van der Waals surface area contributed by atoms with E-state index in [0.717, 1.165) is 6.20 Å². The second kappa shape index (κ2) is 3.21. The summed E-state index contributed by atoms with van der Waals surface area (Å²) in [4.78, 5) is 9.18. The van der Waals surface area contributed by atoms with Crippen LogP contribution in [-0.4, -0.2) is 6.41 Å². The van der Waals surface area contributed by atoms with Gasteiger partial charge >= 0.3 is 0 Å². The molecule has 1 N–H and O–H groups in total. The average Bonchev–Trinajstić information content (AvgIpc) is 1.41. The predicted molar refractivity (Wildman–Crippen MR) is 18.1 cm³/mol. The van der Waals surface area contributed by atoms with Gasteiger partial charge in [-0.1, -0.05) is 0 Å². The lowest BCUT2D eigenvalue weighted by Crippen LogP contribution is -1.96. The first-order valence-electron chi connectivity index (χ1n) is 1.15. The quantitative estimate of drug-likeness (QED) is 0.443. The van der Waals surface area contributed by atoms with Crippen LogP contribution >= 0.6 is 0 Å². The molecule has 0 aromatic carbocycles. The van der Waals surface area contributed by atoms with Gasteiger partial charge in [-0.3, -0.25) is 4.79 Å². The average molecular weight is 70.1 g/mol. The highest BCUT2D eigenvalue weighted by atomic mass is 16.1. The molecule has 0 aromatic heterocycles. The maximum absolute atomic E-state index is 9.18. The summed E-state index contributed by atoms with van der Waals surface area (Å²) in [5.41, 5.74) is 0. The van der Waals surface area contributed by atoms with Crippen molar-refractivity contribution in [3.63, 3.8) is 0 Å². The van der Waals surface area contributed by atoms with Gasteiger partial charge in [-0.2, -0.15) is 0 Å². The van der Waals surface area contributed by atoms with Crippen molar-refractivity contribution in [2.24, 2.45) is 0 Å². The molecule has 0 atom stereocenters. The highest BCUT2D eigenvalue weighted by molar-refractivity contribution is 5.47. The summed E-state index contributed by atoms with van der Waals surface area (Å²) in [5, 5.41) is 2.08. The van der Waals surface area contributed by atoms with Crippen LogP contribution in [0.15, 0.2) is 6.20 Å². The Morgan fingerprint density at radius 1 is 1.80 bits per heavy atom. The molecule has 1 amide bonds. The molecule has 0 saturated heterocycles. The number of carbonyl (C=O) groups excluding carboxylic acids is 1.